The number of hydrogen-bond donors (Lipinski definition) is 1. The number of ether oxygens (including phenoxy) is 2. The molecule has 1 atom stereocenters. The first-order valence-corrected chi connectivity index (χ1v) is 10.7. The zero-order valence-corrected chi connectivity index (χ0v) is 17.2. The summed E-state index contributed by atoms with van der Waals surface area (Å²) in [5.74, 6) is 0.135. The molecule has 1 aliphatic rings. The van der Waals surface area contributed by atoms with Gasteiger partial charge in [0.05, 0.1) is 25.9 Å². The Labute approximate surface area is 165 Å². The first kappa shape index (κ1) is 21.9. The van der Waals surface area contributed by atoms with Crippen molar-refractivity contribution in [2.45, 2.75) is 84.2 Å². The van der Waals surface area contributed by atoms with Gasteiger partial charge in [0.15, 0.2) is 0 Å². The van der Waals surface area contributed by atoms with E-state index in [0.717, 1.165) is 50.3 Å². The molecule has 1 fully saturated rings. The molecular formula is C23H37NO3. The maximum Gasteiger partial charge on any atom is 0.224 e. The van der Waals surface area contributed by atoms with Crippen LogP contribution < -0.4 is 5.32 Å². The van der Waals surface area contributed by atoms with Crippen LogP contribution in [0.4, 0.5) is 5.69 Å². The smallest absolute Gasteiger partial charge is 0.224 e. The molecule has 1 aromatic carbocycles. The van der Waals surface area contributed by atoms with Gasteiger partial charge < -0.3 is 14.8 Å². The summed E-state index contributed by atoms with van der Waals surface area (Å²) in [5, 5.41) is 3.03. The van der Waals surface area contributed by atoms with E-state index in [1.807, 2.05) is 19.1 Å². The van der Waals surface area contributed by atoms with E-state index in [2.05, 4.69) is 18.3 Å². The van der Waals surface area contributed by atoms with Crippen molar-refractivity contribution >= 4 is 11.6 Å². The predicted octanol–water partition coefficient (Wildman–Crippen LogP) is 5.56. The average Bonchev–Trinajstić information content (AvgIpc) is 2.66. The van der Waals surface area contributed by atoms with Crippen LogP contribution in [0.25, 0.3) is 0 Å². The average molecular weight is 376 g/mol. The standard InChI is InChI=1S/C23H37NO3/c1-19-13-14-22(20(2)17-19)24-23(25)12-10-8-6-4-3-5-7-9-11-21-18-26-15-16-27-21/h13-14,17,21H,3-12,15-16,18H2,1-2H3,(H,24,25)/t21-/m0/s1. The Bertz CT molecular complexity index is 553. The molecule has 0 radical (unpaired) electrons. The number of rotatable bonds is 12. The first-order valence-electron chi connectivity index (χ1n) is 10.7. The fraction of sp³-hybridized carbons (Fsp3) is 0.696. The van der Waals surface area contributed by atoms with E-state index in [4.69, 9.17) is 9.47 Å². The zero-order chi connectivity index (χ0) is 19.3. The van der Waals surface area contributed by atoms with Crippen LogP contribution >= 0.6 is 0 Å². The molecule has 0 unspecified atom stereocenters. The van der Waals surface area contributed by atoms with Crippen molar-refractivity contribution in [1.29, 1.82) is 0 Å². The van der Waals surface area contributed by atoms with Gasteiger partial charge in [0.2, 0.25) is 5.91 Å². The lowest BCUT2D eigenvalue weighted by atomic mass is 10.0. The van der Waals surface area contributed by atoms with Gasteiger partial charge in [0.1, 0.15) is 0 Å². The minimum absolute atomic E-state index is 0.135. The molecule has 0 aliphatic carbocycles. The molecule has 2 rings (SSSR count). The van der Waals surface area contributed by atoms with Crippen molar-refractivity contribution in [3.05, 3.63) is 29.3 Å². The zero-order valence-electron chi connectivity index (χ0n) is 17.2. The molecular weight excluding hydrogens is 338 g/mol. The minimum atomic E-state index is 0.135. The molecule has 1 amide bonds. The summed E-state index contributed by atoms with van der Waals surface area (Å²) in [6.07, 6.45) is 11.9. The van der Waals surface area contributed by atoms with Gasteiger partial charge in [0, 0.05) is 12.1 Å². The van der Waals surface area contributed by atoms with E-state index in [-0.39, 0.29) is 5.91 Å². The van der Waals surface area contributed by atoms with E-state index in [1.165, 1.54) is 44.1 Å². The van der Waals surface area contributed by atoms with Gasteiger partial charge in [-0.3, -0.25) is 4.79 Å². The number of anilines is 1. The van der Waals surface area contributed by atoms with Gasteiger partial charge in [-0.05, 0) is 38.3 Å². The Morgan fingerprint density at radius 2 is 1.70 bits per heavy atom. The van der Waals surface area contributed by atoms with Crippen LogP contribution in [0.3, 0.4) is 0 Å². The third-order valence-electron chi connectivity index (χ3n) is 5.22. The van der Waals surface area contributed by atoms with E-state index >= 15 is 0 Å². The molecule has 1 aromatic rings. The number of aryl methyl sites for hydroxylation is 2. The van der Waals surface area contributed by atoms with Crippen molar-refractivity contribution in [2.75, 3.05) is 25.1 Å². The molecule has 1 N–H and O–H groups in total. The number of benzene rings is 1. The fourth-order valence-electron chi connectivity index (χ4n) is 3.59. The third-order valence-corrected chi connectivity index (χ3v) is 5.22. The summed E-state index contributed by atoms with van der Waals surface area (Å²) < 4.78 is 11.1. The van der Waals surface area contributed by atoms with Gasteiger partial charge in [-0.1, -0.05) is 62.6 Å². The largest absolute Gasteiger partial charge is 0.376 e. The Kier molecular flexibility index (Phi) is 10.5. The number of hydrogen-bond acceptors (Lipinski definition) is 3. The van der Waals surface area contributed by atoms with Crippen molar-refractivity contribution in [2.24, 2.45) is 0 Å². The lowest BCUT2D eigenvalue weighted by Gasteiger charge is -2.22. The molecule has 0 aromatic heterocycles. The normalized spacial score (nSPS) is 17.0. The number of amides is 1. The summed E-state index contributed by atoms with van der Waals surface area (Å²) in [7, 11) is 0. The van der Waals surface area contributed by atoms with Crippen LogP contribution in [0.5, 0.6) is 0 Å². The Hall–Kier alpha value is -1.39. The predicted molar refractivity (Wildman–Crippen MR) is 111 cm³/mol. The molecule has 27 heavy (non-hydrogen) atoms. The van der Waals surface area contributed by atoms with Crippen molar-refractivity contribution < 1.29 is 14.3 Å². The molecule has 0 bridgehead atoms. The van der Waals surface area contributed by atoms with Gasteiger partial charge in [0.25, 0.3) is 0 Å². The molecule has 1 heterocycles. The Morgan fingerprint density at radius 3 is 2.37 bits per heavy atom. The highest BCUT2D eigenvalue weighted by molar-refractivity contribution is 5.91. The lowest BCUT2D eigenvalue weighted by Crippen LogP contribution is -2.28. The van der Waals surface area contributed by atoms with Gasteiger partial charge in [-0.15, -0.1) is 0 Å². The number of carbonyl (C=O) groups is 1. The summed E-state index contributed by atoms with van der Waals surface area (Å²) in [6.45, 7) is 6.39. The van der Waals surface area contributed by atoms with E-state index in [0.29, 0.717) is 12.5 Å². The van der Waals surface area contributed by atoms with E-state index in [9.17, 15) is 4.79 Å². The van der Waals surface area contributed by atoms with Crippen LogP contribution in [0.2, 0.25) is 0 Å². The topological polar surface area (TPSA) is 47.6 Å². The molecule has 4 heteroatoms. The first-order chi connectivity index (χ1) is 13.1. The molecule has 1 saturated heterocycles. The highest BCUT2D eigenvalue weighted by Crippen LogP contribution is 2.17. The second-order valence-corrected chi connectivity index (χ2v) is 7.80. The molecule has 1 aliphatic heterocycles. The lowest BCUT2D eigenvalue weighted by molar-refractivity contribution is -0.116. The number of nitrogens with one attached hydrogen (secondary N) is 1. The minimum Gasteiger partial charge on any atom is -0.376 e. The third kappa shape index (κ3) is 9.39. The van der Waals surface area contributed by atoms with Gasteiger partial charge in [-0.2, -0.15) is 0 Å². The van der Waals surface area contributed by atoms with Crippen molar-refractivity contribution in [3.63, 3.8) is 0 Å². The summed E-state index contributed by atoms with van der Waals surface area (Å²) >= 11 is 0. The Morgan fingerprint density at radius 1 is 1.00 bits per heavy atom. The van der Waals surface area contributed by atoms with Gasteiger partial charge >= 0.3 is 0 Å². The van der Waals surface area contributed by atoms with Crippen LogP contribution in [-0.4, -0.2) is 31.8 Å². The quantitative estimate of drug-likeness (QED) is 0.487. The van der Waals surface area contributed by atoms with Crippen molar-refractivity contribution in [3.8, 4) is 0 Å². The van der Waals surface area contributed by atoms with Crippen molar-refractivity contribution in [1.82, 2.24) is 0 Å². The molecule has 4 nitrogen and oxygen atoms in total. The SMILES string of the molecule is Cc1ccc(NC(=O)CCCCCCCCCC[C@H]2COCCO2)c(C)c1. The highest BCUT2D eigenvalue weighted by Gasteiger charge is 2.13. The maximum absolute atomic E-state index is 12.1. The number of unbranched alkanes of at least 4 members (excludes halogenated alkanes) is 7. The second-order valence-electron chi connectivity index (χ2n) is 7.80. The highest BCUT2D eigenvalue weighted by atomic mass is 16.6. The van der Waals surface area contributed by atoms with E-state index in [1.54, 1.807) is 0 Å². The Balaban J connectivity index is 1.40. The summed E-state index contributed by atoms with van der Waals surface area (Å²) in [5.41, 5.74) is 3.29. The van der Waals surface area contributed by atoms with Crippen LogP contribution in [-0.2, 0) is 14.3 Å². The van der Waals surface area contributed by atoms with Crippen LogP contribution in [0.1, 0.15) is 75.3 Å². The molecule has 152 valence electrons. The maximum atomic E-state index is 12.1. The summed E-state index contributed by atoms with van der Waals surface area (Å²) in [6, 6.07) is 6.14. The summed E-state index contributed by atoms with van der Waals surface area (Å²) in [4.78, 5) is 12.1. The second kappa shape index (κ2) is 12.9. The van der Waals surface area contributed by atoms with Crippen LogP contribution in [0, 0.1) is 13.8 Å². The molecule has 0 saturated carbocycles. The fourth-order valence-corrected chi connectivity index (χ4v) is 3.59. The molecule has 0 spiro atoms. The van der Waals surface area contributed by atoms with Gasteiger partial charge in [-0.25, -0.2) is 0 Å². The monoisotopic (exact) mass is 375 g/mol. The number of carbonyl (C=O) groups excluding carboxylic acids is 1. The van der Waals surface area contributed by atoms with E-state index < -0.39 is 0 Å². The van der Waals surface area contributed by atoms with Crippen LogP contribution in [0.15, 0.2) is 18.2 Å².